The molecule has 0 atom stereocenters. The minimum atomic E-state index is -4.79. The molecular formula is C11H11ClF3NO4S. The van der Waals surface area contributed by atoms with Crippen LogP contribution in [0.4, 0.5) is 13.2 Å². The first-order valence-corrected chi connectivity index (χ1v) is 7.46. The fourth-order valence-corrected chi connectivity index (χ4v) is 2.56. The molecule has 0 spiro atoms. The summed E-state index contributed by atoms with van der Waals surface area (Å²) in [5.41, 5.74) is -1.27. The molecule has 21 heavy (non-hydrogen) atoms. The van der Waals surface area contributed by atoms with E-state index in [-0.39, 0.29) is 6.61 Å². The first-order chi connectivity index (χ1) is 9.58. The van der Waals surface area contributed by atoms with Crippen molar-refractivity contribution in [3.63, 3.8) is 0 Å². The number of sulfonamides is 1. The minimum Gasteiger partial charge on any atom is -0.465 e. The summed E-state index contributed by atoms with van der Waals surface area (Å²) in [6, 6.07) is 2.13. The number of nitrogens with one attached hydrogen (secondary N) is 1. The molecule has 0 saturated heterocycles. The van der Waals surface area contributed by atoms with Gasteiger partial charge in [-0.1, -0.05) is 11.6 Å². The number of rotatable bonds is 5. The largest absolute Gasteiger partial charge is 0.465 e. The zero-order chi connectivity index (χ0) is 16.3. The van der Waals surface area contributed by atoms with Crippen LogP contribution in [-0.2, 0) is 25.7 Å². The molecule has 1 N–H and O–H groups in total. The van der Waals surface area contributed by atoms with E-state index in [0.29, 0.717) is 6.07 Å². The molecular weight excluding hydrogens is 335 g/mol. The first kappa shape index (κ1) is 17.7. The van der Waals surface area contributed by atoms with Crippen molar-refractivity contribution in [2.75, 3.05) is 13.2 Å². The normalized spacial score (nSPS) is 12.2. The average Bonchev–Trinajstić information content (AvgIpc) is 2.36. The van der Waals surface area contributed by atoms with E-state index in [0.717, 1.165) is 12.1 Å². The van der Waals surface area contributed by atoms with Crippen LogP contribution in [0.15, 0.2) is 23.1 Å². The van der Waals surface area contributed by atoms with Crippen molar-refractivity contribution >= 4 is 27.6 Å². The predicted molar refractivity (Wildman–Crippen MR) is 68.3 cm³/mol. The average molecular weight is 346 g/mol. The molecule has 0 fully saturated rings. The summed E-state index contributed by atoms with van der Waals surface area (Å²) >= 11 is 5.39. The van der Waals surface area contributed by atoms with Gasteiger partial charge in [-0.2, -0.15) is 17.9 Å². The lowest BCUT2D eigenvalue weighted by Crippen LogP contribution is -2.30. The van der Waals surface area contributed by atoms with Crippen LogP contribution in [0, 0.1) is 0 Å². The van der Waals surface area contributed by atoms with E-state index in [2.05, 4.69) is 4.74 Å². The summed E-state index contributed by atoms with van der Waals surface area (Å²) in [4.78, 5) is 10.4. The number of carbonyl (C=O) groups is 1. The molecule has 0 aliphatic heterocycles. The summed E-state index contributed by atoms with van der Waals surface area (Å²) in [7, 11) is -4.28. The fourth-order valence-electron chi connectivity index (χ4n) is 1.34. The molecule has 0 aromatic heterocycles. The molecule has 5 nitrogen and oxygen atoms in total. The number of benzene rings is 1. The van der Waals surface area contributed by atoms with E-state index in [9.17, 15) is 26.4 Å². The Morgan fingerprint density at radius 3 is 2.52 bits per heavy atom. The van der Waals surface area contributed by atoms with Crippen molar-refractivity contribution in [2.24, 2.45) is 0 Å². The summed E-state index contributed by atoms with van der Waals surface area (Å²) in [6.45, 7) is 0.904. The number of halogens is 4. The third-order valence-corrected chi connectivity index (χ3v) is 3.99. The third kappa shape index (κ3) is 4.87. The molecule has 10 heteroatoms. The Bertz CT molecular complexity index is 631. The van der Waals surface area contributed by atoms with Gasteiger partial charge in [0.15, 0.2) is 0 Å². The lowest BCUT2D eigenvalue weighted by molar-refractivity contribution is -0.141. The number of carbonyl (C=O) groups excluding carboxylic acids is 1. The minimum absolute atomic E-state index is 0.0553. The first-order valence-electron chi connectivity index (χ1n) is 5.60. The third-order valence-electron chi connectivity index (χ3n) is 2.27. The van der Waals surface area contributed by atoms with Gasteiger partial charge in [0.25, 0.3) is 0 Å². The number of esters is 1. The van der Waals surface area contributed by atoms with Gasteiger partial charge in [0.05, 0.1) is 22.1 Å². The maximum absolute atomic E-state index is 12.7. The smallest absolute Gasteiger partial charge is 0.417 e. The van der Waals surface area contributed by atoms with Crippen molar-refractivity contribution in [1.82, 2.24) is 4.72 Å². The van der Waals surface area contributed by atoms with Crippen LogP contribution in [0.2, 0.25) is 5.02 Å². The van der Waals surface area contributed by atoms with Gasteiger partial charge in [-0.05, 0) is 25.1 Å². The van der Waals surface area contributed by atoms with Gasteiger partial charge in [0.2, 0.25) is 10.0 Å². The molecule has 0 unspecified atom stereocenters. The van der Waals surface area contributed by atoms with Crippen LogP contribution >= 0.6 is 11.6 Å². The van der Waals surface area contributed by atoms with Crippen molar-refractivity contribution < 1.29 is 31.1 Å². The highest BCUT2D eigenvalue weighted by molar-refractivity contribution is 7.89. The fraction of sp³-hybridized carbons (Fsp3) is 0.364. The zero-order valence-corrected chi connectivity index (χ0v) is 12.3. The molecule has 0 saturated carbocycles. The predicted octanol–water partition coefficient (Wildman–Crippen LogP) is 2.20. The molecule has 0 radical (unpaired) electrons. The maximum Gasteiger partial charge on any atom is 0.417 e. The second-order valence-corrected chi connectivity index (χ2v) is 5.94. The highest BCUT2D eigenvalue weighted by Gasteiger charge is 2.34. The maximum atomic E-state index is 12.7. The van der Waals surface area contributed by atoms with Crippen LogP contribution in [0.5, 0.6) is 0 Å². The molecule has 1 aromatic carbocycles. The van der Waals surface area contributed by atoms with Crippen molar-refractivity contribution in [3.05, 3.63) is 28.8 Å². The van der Waals surface area contributed by atoms with Gasteiger partial charge in [0, 0.05) is 0 Å². The van der Waals surface area contributed by atoms with E-state index < -0.39 is 44.2 Å². The zero-order valence-electron chi connectivity index (χ0n) is 10.7. The van der Waals surface area contributed by atoms with Gasteiger partial charge in [-0.25, -0.2) is 8.42 Å². The number of alkyl halides is 3. The molecule has 0 aliphatic rings. The van der Waals surface area contributed by atoms with Gasteiger partial charge in [0.1, 0.15) is 6.54 Å². The number of ether oxygens (including phenoxy) is 1. The van der Waals surface area contributed by atoms with E-state index in [1.807, 2.05) is 4.72 Å². The molecule has 0 aliphatic carbocycles. The summed E-state index contributed by atoms with van der Waals surface area (Å²) in [5, 5.41) is -0.619. The topological polar surface area (TPSA) is 72.5 Å². The van der Waals surface area contributed by atoms with Gasteiger partial charge in [-0.15, -0.1) is 0 Å². The molecule has 1 rings (SSSR count). The molecule has 0 bridgehead atoms. The quantitative estimate of drug-likeness (QED) is 0.830. The van der Waals surface area contributed by atoms with E-state index in [4.69, 9.17) is 11.6 Å². The Morgan fingerprint density at radius 2 is 2.00 bits per heavy atom. The Hall–Kier alpha value is -1.32. The summed E-state index contributed by atoms with van der Waals surface area (Å²) < 4.78 is 67.9. The summed E-state index contributed by atoms with van der Waals surface area (Å²) in [5.74, 6) is -0.842. The van der Waals surface area contributed by atoms with Crippen LogP contribution in [0.25, 0.3) is 0 Å². The van der Waals surface area contributed by atoms with Gasteiger partial charge < -0.3 is 4.74 Å². The molecule has 0 heterocycles. The van der Waals surface area contributed by atoms with Crippen LogP contribution in [-0.4, -0.2) is 27.5 Å². The van der Waals surface area contributed by atoms with Crippen LogP contribution < -0.4 is 4.72 Å². The van der Waals surface area contributed by atoms with Crippen molar-refractivity contribution in [3.8, 4) is 0 Å². The standard InChI is InChI=1S/C11H11ClF3NO4S/c1-2-20-10(17)6-16-21(18,19)7-3-4-9(12)8(5-7)11(13,14)15/h3-5,16H,2,6H2,1H3. The van der Waals surface area contributed by atoms with E-state index >= 15 is 0 Å². The Kier molecular flexibility index (Phi) is 5.60. The molecule has 118 valence electrons. The SMILES string of the molecule is CCOC(=O)CNS(=O)(=O)c1ccc(Cl)c(C(F)(F)F)c1. The second-order valence-electron chi connectivity index (χ2n) is 3.77. The van der Waals surface area contributed by atoms with Crippen molar-refractivity contribution in [1.29, 1.82) is 0 Å². The second kappa shape index (κ2) is 6.63. The van der Waals surface area contributed by atoms with Gasteiger partial charge in [-0.3, -0.25) is 4.79 Å². The highest BCUT2D eigenvalue weighted by atomic mass is 35.5. The summed E-state index contributed by atoms with van der Waals surface area (Å²) in [6.07, 6.45) is -4.79. The Morgan fingerprint density at radius 1 is 1.38 bits per heavy atom. The molecule has 1 aromatic rings. The Balaban J connectivity index is 3.02. The monoisotopic (exact) mass is 345 g/mol. The van der Waals surface area contributed by atoms with E-state index in [1.165, 1.54) is 6.92 Å². The van der Waals surface area contributed by atoms with Crippen LogP contribution in [0.3, 0.4) is 0 Å². The van der Waals surface area contributed by atoms with Crippen molar-refractivity contribution in [2.45, 2.75) is 18.0 Å². The lowest BCUT2D eigenvalue weighted by Gasteiger charge is -2.11. The lowest BCUT2D eigenvalue weighted by atomic mass is 10.2. The number of hydrogen-bond acceptors (Lipinski definition) is 4. The molecule has 0 amide bonds. The van der Waals surface area contributed by atoms with E-state index in [1.54, 1.807) is 0 Å². The van der Waals surface area contributed by atoms with Crippen LogP contribution in [0.1, 0.15) is 12.5 Å². The highest BCUT2D eigenvalue weighted by Crippen LogP contribution is 2.35. The number of hydrogen-bond donors (Lipinski definition) is 1. The van der Waals surface area contributed by atoms with Gasteiger partial charge >= 0.3 is 12.1 Å². The Labute approximate surface area is 124 Å².